The quantitative estimate of drug-likeness (QED) is 0.541. The van der Waals surface area contributed by atoms with Gasteiger partial charge in [0.2, 0.25) is 0 Å². The normalized spacial score (nSPS) is 10.2. The molecule has 134 valence electrons. The van der Waals surface area contributed by atoms with E-state index in [0.717, 1.165) is 22.2 Å². The zero-order chi connectivity index (χ0) is 17.9. The third kappa shape index (κ3) is 3.86. The summed E-state index contributed by atoms with van der Waals surface area (Å²) >= 11 is 0. The Balaban J connectivity index is 0.00000210. The lowest BCUT2D eigenvalue weighted by molar-refractivity contribution is 0.0697. The Morgan fingerprint density at radius 2 is 1.70 bits per heavy atom. The Morgan fingerprint density at radius 3 is 2.41 bits per heavy atom. The van der Waals surface area contributed by atoms with E-state index in [1.54, 1.807) is 36.7 Å². The molecule has 0 aliphatic carbocycles. The number of hydrogen-bond acceptors (Lipinski definition) is 5. The second-order valence-corrected chi connectivity index (χ2v) is 5.66. The minimum absolute atomic E-state index is 0. The Morgan fingerprint density at radius 1 is 0.926 bits per heavy atom. The van der Waals surface area contributed by atoms with Gasteiger partial charge in [-0.3, -0.25) is 4.98 Å². The molecular formula is C20H15ClN4O2. The third-order valence-electron chi connectivity index (χ3n) is 3.92. The molecule has 0 fully saturated rings. The van der Waals surface area contributed by atoms with Gasteiger partial charge in [0.25, 0.3) is 0 Å². The number of aromatic nitrogens is 3. The van der Waals surface area contributed by atoms with Crippen molar-refractivity contribution in [3.8, 4) is 11.4 Å². The maximum atomic E-state index is 11.0. The Labute approximate surface area is 161 Å². The molecule has 0 aliphatic rings. The molecule has 0 saturated carbocycles. The van der Waals surface area contributed by atoms with Crippen molar-refractivity contribution >= 4 is 40.8 Å². The fraction of sp³-hybridized carbons (Fsp3) is 0. The van der Waals surface area contributed by atoms with Gasteiger partial charge >= 0.3 is 5.97 Å². The number of nitrogens with zero attached hydrogens (tertiary/aromatic N) is 3. The van der Waals surface area contributed by atoms with Crippen molar-refractivity contribution in [2.75, 3.05) is 5.32 Å². The first-order valence-electron chi connectivity index (χ1n) is 7.98. The molecule has 0 atom stereocenters. The molecule has 27 heavy (non-hydrogen) atoms. The summed E-state index contributed by atoms with van der Waals surface area (Å²) in [4.78, 5) is 24.4. The van der Waals surface area contributed by atoms with Gasteiger partial charge in [-0.2, -0.15) is 0 Å². The molecule has 2 aromatic heterocycles. The molecule has 0 amide bonds. The van der Waals surface area contributed by atoms with Crippen molar-refractivity contribution in [2.24, 2.45) is 0 Å². The third-order valence-corrected chi connectivity index (χ3v) is 3.92. The number of benzene rings is 2. The van der Waals surface area contributed by atoms with Gasteiger partial charge in [0.15, 0.2) is 5.82 Å². The molecule has 0 bridgehead atoms. The van der Waals surface area contributed by atoms with Crippen LogP contribution in [0.5, 0.6) is 0 Å². The van der Waals surface area contributed by atoms with Crippen LogP contribution >= 0.6 is 12.4 Å². The standard InChI is InChI=1S/C20H14N4O2.ClH/c25-20(26)13-7-9-15(10-8-13)22-19-16-5-1-2-6-17(16)23-18(24-19)14-4-3-11-21-12-14;/h1-12H,(H,25,26)(H,22,23,24);1H. The van der Waals surface area contributed by atoms with E-state index < -0.39 is 5.97 Å². The van der Waals surface area contributed by atoms with Crippen LogP contribution < -0.4 is 5.32 Å². The summed E-state index contributed by atoms with van der Waals surface area (Å²) in [5.41, 5.74) is 2.61. The minimum Gasteiger partial charge on any atom is -0.478 e. The number of rotatable bonds is 4. The molecule has 6 nitrogen and oxygen atoms in total. The Bertz CT molecular complexity index is 1090. The average Bonchev–Trinajstić information content (AvgIpc) is 2.69. The van der Waals surface area contributed by atoms with Crippen molar-refractivity contribution in [2.45, 2.75) is 0 Å². The first-order chi connectivity index (χ1) is 12.7. The van der Waals surface area contributed by atoms with E-state index in [2.05, 4.69) is 20.3 Å². The van der Waals surface area contributed by atoms with Crippen LogP contribution in [-0.4, -0.2) is 26.0 Å². The van der Waals surface area contributed by atoms with Gasteiger partial charge in [-0.15, -0.1) is 12.4 Å². The second-order valence-electron chi connectivity index (χ2n) is 5.66. The zero-order valence-corrected chi connectivity index (χ0v) is 14.9. The van der Waals surface area contributed by atoms with E-state index in [1.807, 2.05) is 36.4 Å². The van der Waals surface area contributed by atoms with E-state index in [0.29, 0.717) is 11.6 Å². The van der Waals surface area contributed by atoms with Crippen LogP contribution in [0.3, 0.4) is 0 Å². The number of carboxylic acids is 1. The van der Waals surface area contributed by atoms with Crippen LogP contribution in [0.15, 0.2) is 73.1 Å². The lowest BCUT2D eigenvalue weighted by Crippen LogP contribution is -2.00. The van der Waals surface area contributed by atoms with Crippen LogP contribution in [0.1, 0.15) is 10.4 Å². The zero-order valence-electron chi connectivity index (χ0n) is 14.0. The number of para-hydroxylation sites is 1. The molecule has 2 N–H and O–H groups in total. The van der Waals surface area contributed by atoms with Gasteiger partial charge in [-0.05, 0) is 48.5 Å². The van der Waals surface area contributed by atoms with Gasteiger partial charge in [-0.25, -0.2) is 14.8 Å². The lowest BCUT2D eigenvalue weighted by atomic mass is 10.2. The molecule has 4 aromatic rings. The highest BCUT2D eigenvalue weighted by Gasteiger charge is 2.10. The summed E-state index contributed by atoms with van der Waals surface area (Å²) in [5, 5.41) is 13.2. The predicted octanol–water partition coefficient (Wildman–Crippen LogP) is 4.56. The van der Waals surface area contributed by atoms with Crippen molar-refractivity contribution in [3.05, 3.63) is 78.6 Å². The van der Waals surface area contributed by atoms with E-state index in [1.165, 1.54) is 0 Å². The molecular weight excluding hydrogens is 364 g/mol. The summed E-state index contributed by atoms with van der Waals surface area (Å²) in [5.74, 6) is 0.266. The van der Waals surface area contributed by atoms with Crippen LogP contribution in [0.25, 0.3) is 22.3 Å². The highest BCUT2D eigenvalue weighted by atomic mass is 35.5. The number of pyridine rings is 1. The molecule has 2 heterocycles. The van der Waals surface area contributed by atoms with Crippen molar-refractivity contribution in [1.82, 2.24) is 15.0 Å². The monoisotopic (exact) mass is 378 g/mol. The average molecular weight is 379 g/mol. The molecule has 4 rings (SSSR count). The maximum absolute atomic E-state index is 11.0. The Kier molecular flexibility index (Phi) is 5.28. The van der Waals surface area contributed by atoms with Crippen LogP contribution in [-0.2, 0) is 0 Å². The molecule has 7 heteroatoms. The number of nitrogens with one attached hydrogen (secondary N) is 1. The highest BCUT2D eigenvalue weighted by molar-refractivity contribution is 5.92. The molecule has 2 aromatic carbocycles. The number of halogens is 1. The topological polar surface area (TPSA) is 88.0 Å². The molecule has 0 radical (unpaired) electrons. The minimum atomic E-state index is -0.956. The second kappa shape index (κ2) is 7.80. The first-order valence-corrected chi connectivity index (χ1v) is 7.98. The fourth-order valence-electron chi connectivity index (χ4n) is 2.63. The number of aromatic carboxylic acids is 1. The largest absolute Gasteiger partial charge is 0.478 e. The maximum Gasteiger partial charge on any atom is 0.335 e. The van der Waals surface area contributed by atoms with E-state index in [4.69, 9.17) is 5.11 Å². The van der Waals surface area contributed by atoms with E-state index in [-0.39, 0.29) is 18.0 Å². The summed E-state index contributed by atoms with van der Waals surface area (Å²) < 4.78 is 0. The van der Waals surface area contributed by atoms with Gasteiger partial charge in [0, 0.05) is 29.0 Å². The molecule has 0 aliphatic heterocycles. The summed E-state index contributed by atoms with van der Waals surface area (Å²) in [7, 11) is 0. The van der Waals surface area contributed by atoms with Crippen molar-refractivity contribution in [3.63, 3.8) is 0 Å². The van der Waals surface area contributed by atoms with Crippen LogP contribution in [0.2, 0.25) is 0 Å². The first kappa shape index (κ1) is 18.3. The number of fused-ring (bicyclic) bond motifs is 1. The Hall–Kier alpha value is -3.51. The number of carbonyl (C=O) groups is 1. The van der Waals surface area contributed by atoms with Crippen molar-refractivity contribution < 1.29 is 9.90 Å². The van der Waals surface area contributed by atoms with Crippen LogP contribution in [0, 0.1) is 0 Å². The van der Waals surface area contributed by atoms with E-state index in [9.17, 15) is 4.79 Å². The van der Waals surface area contributed by atoms with Gasteiger partial charge < -0.3 is 10.4 Å². The lowest BCUT2D eigenvalue weighted by Gasteiger charge is -2.11. The number of hydrogen-bond donors (Lipinski definition) is 2. The summed E-state index contributed by atoms with van der Waals surface area (Å²) in [6, 6.07) is 18.0. The summed E-state index contributed by atoms with van der Waals surface area (Å²) in [6.07, 6.45) is 3.42. The van der Waals surface area contributed by atoms with Gasteiger partial charge in [0.05, 0.1) is 11.1 Å². The summed E-state index contributed by atoms with van der Waals surface area (Å²) in [6.45, 7) is 0. The van der Waals surface area contributed by atoms with Crippen LogP contribution in [0.4, 0.5) is 11.5 Å². The van der Waals surface area contributed by atoms with Crippen molar-refractivity contribution in [1.29, 1.82) is 0 Å². The molecule has 0 unspecified atom stereocenters. The fourth-order valence-corrected chi connectivity index (χ4v) is 2.63. The predicted molar refractivity (Wildman–Crippen MR) is 107 cm³/mol. The number of anilines is 2. The van der Waals surface area contributed by atoms with E-state index >= 15 is 0 Å². The van der Waals surface area contributed by atoms with Gasteiger partial charge in [0.1, 0.15) is 5.82 Å². The molecule has 0 spiro atoms. The smallest absolute Gasteiger partial charge is 0.335 e. The SMILES string of the molecule is Cl.O=C(O)c1ccc(Nc2nc(-c3cccnc3)nc3ccccc23)cc1. The molecule has 0 saturated heterocycles. The number of carboxylic acid groups (broad SMARTS) is 1. The highest BCUT2D eigenvalue weighted by Crippen LogP contribution is 2.27. The van der Waals surface area contributed by atoms with Gasteiger partial charge in [-0.1, -0.05) is 12.1 Å².